The molecule has 0 saturated heterocycles. The van der Waals surface area contributed by atoms with E-state index in [1.165, 1.54) is 6.07 Å². The molecule has 0 saturated carbocycles. The number of hydrogen-bond donors (Lipinski definition) is 1. The molecule has 0 unspecified atom stereocenters. The van der Waals surface area contributed by atoms with Gasteiger partial charge in [-0.1, -0.05) is 37.7 Å². The molecule has 1 aromatic heterocycles. The van der Waals surface area contributed by atoms with E-state index in [1.807, 2.05) is 13.8 Å². The molecule has 0 aliphatic carbocycles. The van der Waals surface area contributed by atoms with E-state index in [2.05, 4.69) is 9.97 Å². The molecular weight excluding hydrogens is 271 g/mol. The molecule has 1 heterocycles. The van der Waals surface area contributed by atoms with E-state index in [0.29, 0.717) is 4.64 Å². The van der Waals surface area contributed by atoms with Crippen LogP contribution in [0.3, 0.4) is 0 Å². The number of aromatic nitrogens is 2. The Morgan fingerprint density at radius 1 is 1.39 bits per heavy atom. The first-order valence-electron chi connectivity index (χ1n) is 5.53. The zero-order chi connectivity index (χ0) is 13.3. The molecule has 0 spiro atoms. The van der Waals surface area contributed by atoms with Crippen LogP contribution in [0.2, 0.25) is 5.02 Å². The Labute approximate surface area is 115 Å². The van der Waals surface area contributed by atoms with Crippen molar-refractivity contribution in [2.75, 3.05) is 0 Å². The van der Waals surface area contributed by atoms with Gasteiger partial charge in [0.1, 0.15) is 10.5 Å². The third-order valence-corrected chi connectivity index (χ3v) is 3.29. The highest BCUT2D eigenvalue weighted by atomic mass is 35.5. The van der Waals surface area contributed by atoms with Crippen molar-refractivity contribution in [3.63, 3.8) is 0 Å². The van der Waals surface area contributed by atoms with Crippen LogP contribution in [-0.2, 0) is 0 Å². The summed E-state index contributed by atoms with van der Waals surface area (Å²) in [7, 11) is 0. The summed E-state index contributed by atoms with van der Waals surface area (Å²) in [6.07, 6.45) is 1.54. The van der Waals surface area contributed by atoms with Crippen molar-refractivity contribution in [3.8, 4) is 11.3 Å². The van der Waals surface area contributed by atoms with Gasteiger partial charge in [-0.15, -0.1) is 0 Å². The van der Waals surface area contributed by atoms with Gasteiger partial charge >= 0.3 is 0 Å². The van der Waals surface area contributed by atoms with Crippen LogP contribution in [0.1, 0.15) is 25.3 Å². The summed E-state index contributed by atoms with van der Waals surface area (Å²) in [6.45, 7) is 4.07. The van der Waals surface area contributed by atoms with Gasteiger partial charge in [-0.25, -0.2) is 9.37 Å². The molecule has 0 fully saturated rings. The topological polar surface area (TPSA) is 28.7 Å². The van der Waals surface area contributed by atoms with E-state index in [9.17, 15) is 4.39 Å². The summed E-state index contributed by atoms with van der Waals surface area (Å²) in [5, 5.41) is 0.0957. The van der Waals surface area contributed by atoms with Crippen LogP contribution in [0.15, 0.2) is 24.5 Å². The molecular formula is C13H12ClFN2S. The van der Waals surface area contributed by atoms with Crippen LogP contribution in [0.5, 0.6) is 0 Å². The highest BCUT2D eigenvalue weighted by Crippen LogP contribution is 2.29. The monoisotopic (exact) mass is 282 g/mol. The van der Waals surface area contributed by atoms with Crippen LogP contribution < -0.4 is 0 Å². The maximum absolute atomic E-state index is 13.2. The zero-order valence-electron chi connectivity index (χ0n) is 10.00. The van der Waals surface area contributed by atoms with Gasteiger partial charge in [0.05, 0.1) is 17.0 Å². The fourth-order valence-electron chi connectivity index (χ4n) is 1.84. The average molecular weight is 283 g/mol. The molecule has 0 aliphatic rings. The highest BCUT2D eigenvalue weighted by molar-refractivity contribution is 7.71. The van der Waals surface area contributed by atoms with E-state index in [0.717, 1.165) is 16.8 Å². The first-order chi connectivity index (χ1) is 8.50. The minimum absolute atomic E-state index is 0.0957. The normalized spacial score (nSPS) is 10.9. The van der Waals surface area contributed by atoms with E-state index < -0.39 is 5.82 Å². The fourth-order valence-corrected chi connectivity index (χ4v) is 2.41. The third kappa shape index (κ3) is 2.44. The van der Waals surface area contributed by atoms with Gasteiger partial charge in [-0.2, -0.15) is 0 Å². The van der Waals surface area contributed by atoms with Crippen LogP contribution in [0, 0.1) is 10.5 Å². The zero-order valence-corrected chi connectivity index (χ0v) is 11.6. The number of halogens is 2. The Morgan fingerprint density at radius 2 is 2.11 bits per heavy atom. The molecule has 0 aliphatic heterocycles. The maximum atomic E-state index is 13.2. The highest BCUT2D eigenvalue weighted by Gasteiger charge is 2.12. The van der Waals surface area contributed by atoms with Crippen molar-refractivity contribution < 1.29 is 4.39 Å². The first kappa shape index (κ1) is 13.2. The molecule has 0 radical (unpaired) electrons. The molecule has 1 aromatic carbocycles. The number of H-pyrrole nitrogens is 1. The molecule has 18 heavy (non-hydrogen) atoms. The lowest BCUT2D eigenvalue weighted by atomic mass is 9.99. The molecule has 0 atom stereocenters. The minimum atomic E-state index is -0.431. The lowest BCUT2D eigenvalue weighted by molar-refractivity contribution is 0.628. The first-order valence-corrected chi connectivity index (χ1v) is 6.32. The molecule has 1 N–H and O–H groups in total. The van der Waals surface area contributed by atoms with E-state index in [1.54, 1.807) is 18.5 Å². The summed E-state index contributed by atoms with van der Waals surface area (Å²) in [5.41, 5.74) is 2.58. The van der Waals surface area contributed by atoms with Gasteiger partial charge in [0.25, 0.3) is 0 Å². The summed E-state index contributed by atoms with van der Waals surface area (Å²) < 4.78 is 13.7. The van der Waals surface area contributed by atoms with E-state index in [-0.39, 0.29) is 10.9 Å². The molecule has 0 amide bonds. The smallest absolute Gasteiger partial charge is 0.141 e. The predicted octanol–water partition coefficient (Wildman–Crippen LogP) is 4.72. The van der Waals surface area contributed by atoms with Gasteiger partial charge in [-0.3, -0.25) is 0 Å². The lowest BCUT2D eigenvalue weighted by Gasteiger charge is -2.12. The van der Waals surface area contributed by atoms with Crippen LogP contribution in [0.25, 0.3) is 11.3 Å². The van der Waals surface area contributed by atoms with Gasteiger partial charge in [0, 0.05) is 11.1 Å². The summed E-state index contributed by atoms with van der Waals surface area (Å²) >= 11 is 11.0. The summed E-state index contributed by atoms with van der Waals surface area (Å²) in [4.78, 5) is 7.14. The molecule has 2 rings (SSSR count). The Bertz CT molecular complexity index is 637. The van der Waals surface area contributed by atoms with Crippen LogP contribution in [-0.4, -0.2) is 9.97 Å². The van der Waals surface area contributed by atoms with Crippen molar-refractivity contribution in [2.24, 2.45) is 0 Å². The largest absolute Gasteiger partial charge is 0.346 e. The Hall–Kier alpha value is -1.26. The average Bonchev–Trinajstić information content (AvgIpc) is 2.32. The Balaban J connectivity index is 2.67. The Kier molecular flexibility index (Phi) is 3.78. The predicted molar refractivity (Wildman–Crippen MR) is 73.9 cm³/mol. The minimum Gasteiger partial charge on any atom is -0.346 e. The van der Waals surface area contributed by atoms with E-state index in [4.69, 9.17) is 23.8 Å². The fraction of sp³-hybridized carbons (Fsp3) is 0.231. The lowest BCUT2D eigenvalue weighted by Crippen LogP contribution is -1.99. The number of hydrogen-bond acceptors (Lipinski definition) is 2. The number of nitrogens with zero attached hydrogens (tertiary/aromatic N) is 1. The quantitative estimate of drug-likeness (QED) is 0.807. The second kappa shape index (κ2) is 5.16. The van der Waals surface area contributed by atoms with Gasteiger partial charge in [0.2, 0.25) is 0 Å². The second-order valence-electron chi connectivity index (χ2n) is 4.28. The number of nitrogens with one attached hydrogen (secondary N) is 1. The number of benzene rings is 1. The Morgan fingerprint density at radius 3 is 2.72 bits per heavy atom. The molecule has 0 bridgehead atoms. The van der Waals surface area contributed by atoms with Gasteiger partial charge < -0.3 is 4.98 Å². The van der Waals surface area contributed by atoms with Crippen molar-refractivity contribution in [1.29, 1.82) is 0 Å². The van der Waals surface area contributed by atoms with Crippen molar-refractivity contribution in [1.82, 2.24) is 9.97 Å². The summed E-state index contributed by atoms with van der Waals surface area (Å²) in [5.74, 6) is -0.208. The molecule has 5 heteroatoms. The van der Waals surface area contributed by atoms with E-state index >= 15 is 0 Å². The second-order valence-corrected chi connectivity index (χ2v) is 5.07. The standard InChI is InChI=1S/C13H12ClFN2S/c1-7(2)11-12(16-6-17-13(11)18)8-3-4-10(15)9(14)5-8/h3-7H,1-2H3,(H,16,17,18). The van der Waals surface area contributed by atoms with Crippen molar-refractivity contribution in [2.45, 2.75) is 19.8 Å². The molecule has 2 aromatic rings. The number of aromatic amines is 1. The maximum Gasteiger partial charge on any atom is 0.141 e. The van der Waals surface area contributed by atoms with Crippen LogP contribution in [0.4, 0.5) is 4.39 Å². The van der Waals surface area contributed by atoms with Gasteiger partial charge in [0.15, 0.2) is 0 Å². The summed E-state index contributed by atoms with van der Waals surface area (Å²) in [6, 6.07) is 4.61. The van der Waals surface area contributed by atoms with Crippen LogP contribution >= 0.6 is 23.8 Å². The van der Waals surface area contributed by atoms with Crippen molar-refractivity contribution in [3.05, 3.63) is 45.6 Å². The number of rotatable bonds is 2. The van der Waals surface area contributed by atoms with Crippen molar-refractivity contribution >= 4 is 23.8 Å². The molecule has 2 nitrogen and oxygen atoms in total. The van der Waals surface area contributed by atoms with Gasteiger partial charge in [-0.05, 0) is 24.1 Å². The SMILES string of the molecule is CC(C)c1c(-c2ccc(F)c(Cl)c2)[nH]cnc1=S. The molecule has 94 valence electrons. The third-order valence-electron chi connectivity index (χ3n) is 2.68.